The molecule has 1 saturated heterocycles. The number of carbonyl (C=O) groups is 2. The van der Waals surface area contributed by atoms with Gasteiger partial charge in [-0.05, 0) is 38.9 Å². The number of hydrogen-bond donors (Lipinski definition) is 2. The number of carbonyl (C=O) groups excluding carboxylic acids is 1. The zero-order chi connectivity index (χ0) is 14.1. The van der Waals surface area contributed by atoms with Crippen molar-refractivity contribution in [1.29, 1.82) is 0 Å². The number of carboxylic acid groups (broad SMARTS) is 1. The first-order valence-electron chi connectivity index (χ1n) is 6.71. The Labute approximate surface area is 114 Å². The van der Waals surface area contributed by atoms with Crippen molar-refractivity contribution in [2.24, 2.45) is 0 Å². The minimum absolute atomic E-state index is 0.240. The van der Waals surface area contributed by atoms with Gasteiger partial charge in [0.15, 0.2) is 0 Å². The summed E-state index contributed by atoms with van der Waals surface area (Å²) in [4.78, 5) is 26.0. The first-order chi connectivity index (χ1) is 9.13. The molecule has 1 rings (SSSR count). The number of carboxylic acids is 1. The highest BCUT2D eigenvalue weighted by molar-refractivity contribution is 5.80. The Morgan fingerprint density at radius 2 is 2.05 bits per heavy atom. The summed E-state index contributed by atoms with van der Waals surface area (Å²) in [5.74, 6) is -1.02. The molecule has 0 saturated carbocycles. The Morgan fingerprint density at radius 3 is 2.63 bits per heavy atom. The van der Waals surface area contributed by atoms with Crippen LogP contribution in [0.1, 0.15) is 19.3 Å². The number of rotatable bonds is 8. The Bertz CT molecular complexity index is 314. The first kappa shape index (κ1) is 15.5. The lowest BCUT2D eigenvalue weighted by atomic mass is 10.4. The zero-order valence-corrected chi connectivity index (χ0v) is 11.3. The predicted octanol–water partition coefficient (Wildman–Crippen LogP) is 0.755. The molecule has 6 heteroatoms. The second-order valence-corrected chi connectivity index (χ2v) is 4.70. The molecule has 0 aromatic carbocycles. The average molecular weight is 269 g/mol. The maximum atomic E-state index is 11.8. The summed E-state index contributed by atoms with van der Waals surface area (Å²) < 4.78 is 0. The van der Waals surface area contributed by atoms with Gasteiger partial charge in [0.2, 0.25) is 0 Å². The second kappa shape index (κ2) is 8.53. The van der Waals surface area contributed by atoms with Gasteiger partial charge < -0.3 is 20.2 Å². The van der Waals surface area contributed by atoms with E-state index in [0.717, 1.165) is 26.1 Å². The number of aliphatic carboxylic acids is 1. The topological polar surface area (TPSA) is 72.9 Å². The van der Waals surface area contributed by atoms with E-state index in [1.54, 1.807) is 0 Å². The van der Waals surface area contributed by atoms with E-state index in [1.165, 1.54) is 23.8 Å². The molecule has 0 bridgehead atoms. The third-order valence-electron chi connectivity index (χ3n) is 3.09. The third kappa shape index (κ3) is 6.24. The van der Waals surface area contributed by atoms with E-state index < -0.39 is 5.97 Å². The van der Waals surface area contributed by atoms with Gasteiger partial charge in [-0.1, -0.05) is 6.08 Å². The van der Waals surface area contributed by atoms with Crippen molar-refractivity contribution in [3.05, 3.63) is 12.7 Å². The maximum Gasteiger partial charge on any atom is 0.323 e. The van der Waals surface area contributed by atoms with Crippen LogP contribution in [0.5, 0.6) is 0 Å². The molecular weight excluding hydrogens is 246 g/mol. The average Bonchev–Trinajstić information content (AvgIpc) is 2.86. The molecule has 0 radical (unpaired) electrons. The van der Waals surface area contributed by atoms with Crippen LogP contribution in [0.3, 0.4) is 0 Å². The molecule has 1 aliphatic heterocycles. The molecule has 1 aliphatic rings. The minimum atomic E-state index is -1.02. The van der Waals surface area contributed by atoms with E-state index in [4.69, 9.17) is 5.11 Å². The van der Waals surface area contributed by atoms with Crippen LogP contribution >= 0.6 is 0 Å². The van der Waals surface area contributed by atoms with Crippen LogP contribution in [-0.4, -0.2) is 66.2 Å². The van der Waals surface area contributed by atoms with Crippen LogP contribution in [0.25, 0.3) is 0 Å². The van der Waals surface area contributed by atoms with Crippen molar-refractivity contribution in [2.75, 3.05) is 39.3 Å². The molecular formula is C13H23N3O3. The van der Waals surface area contributed by atoms with Crippen molar-refractivity contribution in [1.82, 2.24) is 15.1 Å². The standard InChI is InChI=1S/C13H23N3O3/c1-2-7-16(11-12(17)18)13(19)14-6-5-10-15-8-3-4-9-15/h2H,1,3-11H2,(H,14,19)(H,17,18). The minimum Gasteiger partial charge on any atom is -0.480 e. The fourth-order valence-electron chi connectivity index (χ4n) is 2.15. The Morgan fingerprint density at radius 1 is 1.37 bits per heavy atom. The first-order valence-corrected chi connectivity index (χ1v) is 6.71. The van der Waals surface area contributed by atoms with Crippen LogP contribution in [-0.2, 0) is 4.79 Å². The van der Waals surface area contributed by atoms with Crippen LogP contribution in [0.15, 0.2) is 12.7 Å². The lowest BCUT2D eigenvalue weighted by Crippen LogP contribution is -2.43. The van der Waals surface area contributed by atoms with E-state index in [1.807, 2.05) is 0 Å². The quantitative estimate of drug-likeness (QED) is 0.504. The lowest BCUT2D eigenvalue weighted by Gasteiger charge is -2.20. The van der Waals surface area contributed by atoms with E-state index in [-0.39, 0.29) is 19.1 Å². The summed E-state index contributed by atoms with van der Waals surface area (Å²) in [5.41, 5.74) is 0. The van der Waals surface area contributed by atoms with E-state index >= 15 is 0 Å². The van der Waals surface area contributed by atoms with E-state index in [9.17, 15) is 9.59 Å². The molecule has 2 N–H and O–H groups in total. The highest BCUT2D eigenvalue weighted by atomic mass is 16.4. The molecule has 0 aliphatic carbocycles. The SMILES string of the molecule is C=CCN(CC(=O)O)C(=O)NCCCN1CCCC1. The van der Waals surface area contributed by atoms with Gasteiger partial charge in [-0.3, -0.25) is 4.79 Å². The van der Waals surface area contributed by atoms with Gasteiger partial charge in [-0.25, -0.2) is 4.79 Å². The molecule has 108 valence electrons. The Hall–Kier alpha value is -1.56. The third-order valence-corrected chi connectivity index (χ3v) is 3.09. The van der Waals surface area contributed by atoms with Crippen molar-refractivity contribution < 1.29 is 14.7 Å². The molecule has 1 fully saturated rings. The summed E-state index contributed by atoms with van der Waals surface area (Å²) in [6.07, 6.45) is 4.93. The van der Waals surface area contributed by atoms with E-state index in [2.05, 4.69) is 16.8 Å². The fraction of sp³-hybridized carbons (Fsp3) is 0.692. The van der Waals surface area contributed by atoms with Gasteiger partial charge in [0.25, 0.3) is 0 Å². The van der Waals surface area contributed by atoms with Crippen molar-refractivity contribution >= 4 is 12.0 Å². The molecule has 19 heavy (non-hydrogen) atoms. The van der Waals surface area contributed by atoms with Gasteiger partial charge in [-0.15, -0.1) is 6.58 Å². The fourth-order valence-corrected chi connectivity index (χ4v) is 2.15. The summed E-state index contributed by atoms with van der Waals surface area (Å²) in [7, 11) is 0. The normalized spacial score (nSPS) is 15.2. The molecule has 0 aromatic heterocycles. The van der Waals surface area contributed by atoms with Gasteiger partial charge in [0, 0.05) is 13.1 Å². The van der Waals surface area contributed by atoms with Gasteiger partial charge in [0.05, 0.1) is 0 Å². The van der Waals surface area contributed by atoms with Gasteiger partial charge in [0.1, 0.15) is 6.54 Å². The highest BCUT2D eigenvalue weighted by Gasteiger charge is 2.15. The summed E-state index contributed by atoms with van der Waals surface area (Å²) in [5, 5.41) is 11.5. The summed E-state index contributed by atoms with van der Waals surface area (Å²) in [6, 6.07) is -0.344. The molecule has 0 spiro atoms. The summed E-state index contributed by atoms with van der Waals surface area (Å²) in [6.45, 7) is 7.31. The molecule has 0 unspecified atom stereocenters. The molecule has 0 aromatic rings. The number of hydrogen-bond acceptors (Lipinski definition) is 3. The molecule has 2 amide bonds. The maximum absolute atomic E-state index is 11.8. The number of urea groups is 1. The molecule has 6 nitrogen and oxygen atoms in total. The predicted molar refractivity (Wildman–Crippen MR) is 73.1 cm³/mol. The second-order valence-electron chi connectivity index (χ2n) is 4.70. The van der Waals surface area contributed by atoms with Crippen LogP contribution in [0, 0.1) is 0 Å². The van der Waals surface area contributed by atoms with Gasteiger partial charge >= 0.3 is 12.0 Å². The van der Waals surface area contributed by atoms with Crippen molar-refractivity contribution in [3.8, 4) is 0 Å². The Balaban J connectivity index is 2.19. The molecule has 0 atom stereocenters. The lowest BCUT2D eigenvalue weighted by molar-refractivity contribution is -0.137. The summed E-state index contributed by atoms with van der Waals surface area (Å²) >= 11 is 0. The number of likely N-dealkylation sites (tertiary alicyclic amines) is 1. The largest absolute Gasteiger partial charge is 0.480 e. The van der Waals surface area contributed by atoms with E-state index in [0.29, 0.717) is 6.54 Å². The van der Waals surface area contributed by atoms with Crippen LogP contribution in [0.4, 0.5) is 4.79 Å². The number of nitrogens with one attached hydrogen (secondary N) is 1. The number of amides is 2. The number of nitrogens with zero attached hydrogens (tertiary/aromatic N) is 2. The van der Waals surface area contributed by atoms with Crippen LogP contribution in [0.2, 0.25) is 0 Å². The Kier molecular flexibility index (Phi) is 6.95. The monoisotopic (exact) mass is 269 g/mol. The highest BCUT2D eigenvalue weighted by Crippen LogP contribution is 2.06. The van der Waals surface area contributed by atoms with Crippen molar-refractivity contribution in [2.45, 2.75) is 19.3 Å². The smallest absolute Gasteiger partial charge is 0.323 e. The zero-order valence-electron chi connectivity index (χ0n) is 11.3. The van der Waals surface area contributed by atoms with Crippen molar-refractivity contribution in [3.63, 3.8) is 0 Å². The molecule has 1 heterocycles. The van der Waals surface area contributed by atoms with Crippen LogP contribution < -0.4 is 5.32 Å². The van der Waals surface area contributed by atoms with Gasteiger partial charge in [-0.2, -0.15) is 0 Å².